The molecular formula is C17H23NO4S. The van der Waals surface area contributed by atoms with Crippen molar-refractivity contribution in [2.75, 3.05) is 19.5 Å². The van der Waals surface area contributed by atoms with Gasteiger partial charge in [-0.15, -0.1) is 11.3 Å². The van der Waals surface area contributed by atoms with Gasteiger partial charge < -0.3 is 14.8 Å². The molecule has 0 saturated heterocycles. The molecule has 0 fully saturated rings. The van der Waals surface area contributed by atoms with Crippen molar-refractivity contribution in [1.82, 2.24) is 0 Å². The first-order valence-electron chi connectivity index (χ1n) is 7.31. The van der Waals surface area contributed by atoms with Crippen molar-refractivity contribution in [3.8, 4) is 11.8 Å². The van der Waals surface area contributed by atoms with Gasteiger partial charge in [0.05, 0.1) is 24.8 Å². The molecule has 23 heavy (non-hydrogen) atoms. The molecule has 1 heterocycles. The highest BCUT2D eigenvalue weighted by atomic mass is 32.1. The van der Waals surface area contributed by atoms with Crippen LogP contribution in [0.15, 0.2) is 6.07 Å². The molecular weight excluding hydrogens is 314 g/mol. The van der Waals surface area contributed by atoms with E-state index >= 15 is 0 Å². The van der Waals surface area contributed by atoms with Gasteiger partial charge in [0.1, 0.15) is 10.9 Å². The summed E-state index contributed by atoms with van der Waals surface area (Å²) >= 11 is 1.24. The number of methoxy groups -OCH3 is 2. The molecule has 5 nitrogen and oxygen atoms in total. The van der Waals surface area contributed by atoms with Gasteiger partial charge in [0.25, 0.3) is 0 Å². The lowest BCUT2D eigenvalue weighted by molar-refractivity contribution is -0.141. The molecule has 1 aromatic heterocycles. The maximum atomic E-state index is 11.9. The molecule has 0 radical (unpaired) electrons. The molecule has 0 saturated carbocycles. The average molecular weight is 337 g/mol. The van der Waals surface area contributed by atoms with Crippen LogP contribution in [0.1, 0.15) is 48.7 Å². The van der Waals surface area contributed by atoms with Crippen LogP contribution in [0, 0.1) is 17.3 Å². The van der Waals surface area contributed by atoms with Crippen molar-refractivity contribution in [3.63, 3.8) is 0 Å². The van der Waals surface area contributed by atoms with E-state index in [9.17, 15) is 9.59 Å². The molecule has 0 amide bonds. The van der Waals surface area contributed by atoms with Crippen molar-refractivity contribution in [2.45, 2.75) is 40.2 Å². The second-order valence-electron chi connectivity index (χ2n) is 5.97. The minimum Gasteiger partial charge on any atom is -0.467 e. The fraction of sp³-hybridized carbons (Fsp3) is 0.529. The minimum atomic E-state index is -0.526. The Balaban J connectivity index is 3.17. The van der Waals surface area contributed by atoms with Crippen LogP contribution in [0.2, 0.25) is 0 Å². The number of ether oxygens (including phenoxy) is 2. The van der Waals surface area contributed by atoms with E-state index in [1.807, 2.05) is 27.7 Å². The van der Waals surface area contributed by atoms with Crippen LogP contribution in [-0.4, -0.2) is 32.2 Å². The Kier molecular flexibility index (Phi) is 6.64. The Morgan fingerprint density at radius 1 is 1.30 bits per heavy atom. The van der Waals surface area contributed by atoms with Gasteiger partial charge in [0.15, 0.2) is 0 Å². The largest absolute Gasteiger partial charge is 0.467 e. The van der Waals surface area contributed by atoms with Gasteiger partial charge in [-0.2, -0.15) is 0 Å². The molecule has 1 aromatic rings. The fourth-order valence-electron chi connectivity index (χ4n) is 1.71. The van der Waals surface area contributed by atoms with E-state index in [0.29, 0.717) is 17.0 Å². The standard InChI is InChI=1S/C17H23NO4S/c1-7-12(15(19)21-5)18-13-10-11(8-9-17(2,3)4)23-14(13)16(20)22-6/h10,12,18H,7H2,1-6H3. The minimum absolute atomic E-state index is 0.138. The highest BCUT2D eigenvalue weighted by molar-refractivity contribution is 7.15. The van der Waals surface area contributed by atoms with Gasteiger partial charge in [-0.1, -0.05) is 18.8 Å². The molecule has 1 N–H and O–H groups in total. The number of nitrogens with one attached hydrogen (secondary N) is 1. The highest BCUT2D eigenvalue weighted by Crippen LogP contribution is 2.29. The zero-order valence-electron chi connectivity index (χ0n) is 14.4. The predicted molar refractivity (Wildman–Crippen MR) is 91.7 cm³/mol. The van der Waals surface area contributed by atoms with Crippen LogP contribution in [-0.2, 0) is 14.3 Å². The second-order valence-corrected chi connectivity index (χ2v) is 7.03. The molecule has 0 aliphatic carbocycles. The predicted octanol–water partition coefficient (Wildman–Crippen LogP) is 3.30. The fourth-order valence-corrected chi connectivity index (χ4v) is 2.60. The Morgan fingerprint density at radius 2 is 1.96 bits per heavy atom. The molecule has 0 aliphatic heterocycles. The maximum Gasteiger partial charge on any atom is 0.350 e. The highest BCUT2D eigenvalue weighted by Gasteiger charge is 2.22. The van der Waals surface area contributed by atoms with E-state index in [2.05, 4.69) is 17.2 Å². The van der Waals surface area contributed by atoms with Crippen molar-refractivity contribution >= 4 is 29.0 Å². The summed E-state index contributed by atoms with van der Waals surface area (Å²) in [6.45, 7) is 7.90. The molecule has 1 atom stereocenters. The van der Waals surface area contributed by atoms with Gasteiger partial charge in [-0.3, -0.25) is 0 Å². The number of anilines is 1. The first kappa shape index (κ1) is 19.0. The van der Waals surface area contributed by atoms with Crippen molar-refractivity contribution in [2.24, 2.45) is 5.41 Å². The topological polar surface area (TPSA) is 64.6 Å². The van der Waals surface area contributed by atoms with E-state index in [4.69, 9.17) is 9.47 Å². The van der Waals surface area contributed by atoms with Crippen molar-refractivity contribution in [3.05, 3.63) is 15.8 Å². The van der Waals surface area contributed by atoms with E-state index in [1.165, 1.54) is 25.6 Å². The third kappa shape index (κ3) is 5.61. The monoisotopic (exact) mass is 337 g/mol. The van der Waals surface area contributed by atoms with Gasteiger partial charge in [-0.05, 0) is 33.3 Å². The molecule has 0 aromatic carbocycles. The molecule has 1 rings (SSSR count). The van der Waals surface area contributed by atoms with E-state index in [-0.39, 0.29) is 11.4 Å². The van der Waals surface area contributed by atoms with Crippen LogP contribution < -0.4 is 5.32 Å². The summed E-state index contributed by atoms with van der Waals surface area (Å²) in [7, 11) is 2.66. The van der Waals surface area contributed by atoms with Gasteiger partial charge in [-0.25, -0.2) is 9.59 Å². The Bertz CT molecular complexity index is 631. The number of thiophene rings is 1. The van der Waals surface area contributed by atoms with Crippen molar-refractivity contribution < 1.29 is 19.1 Å². The number of hydrogen-bond donors (Lipinski definition) is 1. The zero-order valence-corrected chi connectivity index (χ0v) is 15.2. The lowest BCUT2D eigenvalue weighted by Gasteiger charge is -2.15. The third-order valence-electron chi connectivity index (χ3n) is 2.89. The van der Waals surface area contributed by atoms with Crippen LogP contribution in [0.3, 0.4) is 0 Å². The Morgan fingerprint density at radius 3 is 2.43 bits per heavy atom. The van der Waals surface area contributed by atoms with Crippen LogP contribution in [0.5, 0.6) is 0 Å². The molecule has 0 bridgehead atoms. The molecule has 6 heteroatoms. The summed E-state index contributed by atoms with van der Waals surface area (Å²) in [6.07, 6.45) is 0.534. The smallest absolute Gasteiger partial charge is 0.350 e. The lowest BCUT2D eigenvalue weighted by Crippen LogP contribution is -2.30. The van der Waals surface area contributed by atoms with E-state index < -0.39 is 12.0 Å². The first-order chi connectivity index (χ1) is 10.7. The summed E-state index contributed by atoms with van der Waals surface area (Å²) in [5.74, 6) is 5.35. The first-order valence-corrected chi connectivity index (χ1v) is 8.13. The maximum absolute atomic E-state index is 11.9. The van der Waals surface area contributed by atoms with Gasteiger partial charge in [0.2, 0.25) is 0 Å². The summed E-state index contributed by atoms with van der Waals surface area (Å²) in [4.78, 5) is 24.8. The number of carbonyl (C=O) groups excluding carboxylic acids is 2. The van der Waals surface area contributed by atoms with Crippen LogP contribution in [0.4, 0.5) is 5.69 Å². The third-order valence-corrected chi connectivity index (χ3v) is 3.92. The lowest BCUT2D eigenvalue weighted by atomic mass is 9.98. The van der Waals surface area contributed by atoms with Gasteiger partial charge in [0, 0.05) is 5.41 Å². The SMILES string of the molecule is CCC(Nc1cc(C#CC(C)(C)C)sc1C(=O)OC)C(=O)OC. The Labute approximate surface area is 141 Å². The number of hydrogen-bond acceptors (Lipinski definition) is 6. The number of esters is 2. The van der Waals surface area contributed by atoms with E-state index in [1.54, 1.807) is 6.07 Å². The van der Waals surface area contributed by atoms with E-state index in [0.717, 1.165) is 4.88 Å². The number of carbonyl (C=O) groups is 2. The molecule has 126 valence electrons. The quantitative estimate of drug-likeness (QED) is 0.660. The molecule has 1 unspecified atom stereocenters. The summed E-state index contributed by atoms with van der Waals surface area (Å²) in [5.41, 5.74) is 0.401. The Hall–Kier alpha value is -2.00. The number of rotatable bonds is 5. The van der Waals surface area contributed by atoms with Crippen molar-refractivity contribution in [1.29, 1.82) is 0 Å². The molecule has 0 spiro atoms. The summed E-state index contributed by atoms with van der Waals surface area (Å²) in [5, 5.41) is 3.05. The zero-order chi connectivity index (χ0) is 17.6. The summed E-state index contributed by atoms with van der Waals surface area (Å²) < 4.78 is 9.56. The summed E-state index contributed by atoms with van der Waals surface area (Å²) in [6, 6.07) is 1.24. The normalized spacial score (nSPS) is 11.9. The van der Waals surface area contributed by atoms with Gasteiger partial charge >= 0.3 is 11.9 Å². The van der Waals surface area contributed by atoms with Crippen LogP contribution >= 0.6 is 11.3 Å². The second kappa shape index (κ2) is 8.02. The van der Waals surface area contributed by atoms with Crippen LogP contribution in [0.25, 0.3) is 0 Å². The molecule has 0 aliphatic rings. The average Bonchev–Trinajstić information content (AvgIpc) is 2.91.